The number of nitrogens with one attached hydrogen (secondary N) is 1. The highest BCUT2D eigenvalue weighted by molar-refractivity contribution is 5.78. The van der Waals surface area contributed by atoms with Crippen molar-refractivity contribution in [2.24, 2.45) is 11.3 Å². The highest BCUT2D eigenvalue weighted by Gasteiger charge is 2.30. The summed E-state index contributed by atoms with van der Waals surface area (Å²) in [5.41, 5.74) is 0.477. The number of carbonyl (C=O) groups excluding carboxylic acids is 1. The third kappa shape index (κ3) is 3.98. The fraction of sp³-hybridized carbons (Fsp3) is 0.933. The van der Waals surface area contributed by atoms with Gasteiger partial charge in [0.1, 0.15) is 0 Å². The smallest absolute Gasteiger partial charge is 0.236 e. The van der Waals surface area contributed by atoms with Gasteiger partial charge in [0.15, 0.2) is 0 Å². The SMILES string of the molecule is CN(C(=O)CNCC1CC1)C1CCC(C)(C)CC1. The number of hydrogen-bond acceptors (Lipinski definition) is 2. The van der Waals surface area contributed by atoms with Gasteiger partial charge in [0.2, 0.25) is 5.91 Å². The van der Waals surface area contributed by atoms with Crippen LogP contribution in [0.2, 0.25) is 0 Å². The van der Waals surface area contributed by atoms with Crippen molar-refractivity contribution >= 4 is 5.91 Å². The summed E-state index contributed by atoms with van der Waals surface area (Å²) in [6.07, 6.45) is 7.49. The molecule has 0 aliphatic heterocycles. The molecule has 2 fully saturated rings. The summed E-state index contributed by atoms with van der Waals surface area (Å²) in [5, 5.41) is 3.29. The van der Waals surface area contributed by atoms with Gasteiger partial charge in [0, 0.05) is 13.1 Å². The van der Waals surface area contributed by atoms with Gasteiger partial charge in [-0.2, -0.15) is 0 Å². The highest BCUT2D eigenvalue weighted by atomic mass is 16.2. The van der Waals surface area contributed by atoms with Gasteiger partial charge in [-0.1, -0.05) is 13.8 Å². The molecule has 104 valence electrons. The van der Waals surface area contributed by atoms with Crippen LogP contribution < -0.4 is 5.32 Å². The predicted octanol–water partition coefficient (Wildman–Crippen LogP) is 2.41. The number of amides is 1. The van der Waals surface area contributed by atoms with E-state index in [-0.39, 0.29) is 5.91 Å². The summed E-state index contributed by atoms with van der Waals surface area (Å²) in [6, 6.07) is 0.466. The fourth-order valence-electron chi connectivity index (χ4n) is 2.80. The Morgan fingerprint density at radius 2 is 1.83 bits per heavy atom. The minimum absolute atomic E-state index is 0.264. The average Bonchev–Trinajstić information content (AvgIpc) is 3.12. The van der Waals surface area contributed by atoms with Crippen LogP contribution in [0.1, 0.15) is 52.4 Å². The molecule has 0 aromatic heterocycles. The van der Waals surface area contributed by atoms with Gasteiger partial charge < -0.3 is 10.2 Å². The van der Waals surface area contributed by atoms with Crippen LogP contribution in [0.3, 0.4) is 0 Å². The second-order valence-electron chi connectivity index (χ2n) is 6.97. The van der Waals surface area contributed by atoms with Crippen LogP contribution in [0.5, 0.6) is 0 Å². The zero-order valence-corrected chi connectivity index (χ0v) is 12.2. The Kier molecular flexibility index (Phi) is 4.31. The largest absolute Gasteiger partial charge is 0.342 e. The van der Waals surface area contributed by atoms with Crippen LogP contribution in [0.15, 0.2) is 0 Å². The lowest BCUT2D eigenvalue weighted by atomic mass is 9.75. The van der Waals surface area contributed by atoms with E-state index in [4.69, 9.17) is 0 Å². The molecule has 0 spiro atoms. The maximum Gasteiger partial charge on any atom is 0.236 e. The molecule has 2 aliphatic rings. The molecule has 18 heavy (non-hydrogen) atoms. The molecule has 2 aliphatic carbocycles. The molecule has 1 N–H and O–H groups in total. The number of nitrogens with zero attached hydrogens (tertiary/aromatic N) is 1. The number of carbonyl (C=O) groups is 1. The van der Waals surface area contributed by atoms with Gasteiger partial charge in [-0.25, -0.2) is 0 Å². The van der Waals surface area contributed by atoms with E-state index < -0.39 is 0 Å². The number of likely N-dealkylation sites (N-methyl/N-ethyl adjacent to an activating group) is 1. The van der Waals surface area contributed by atoms with Gasteiger partial charge in [-0.05, 0) is 56.4 Å². The Hall–Kier alpha value is -0.570. The Morgan fingerprint density at radius 1 is 1.22 bits per heavy atom. The lowest BCUT2D eigenvalue weighted by Crippen LogP contribution is -2.44. The van der Waals surface area contributed by atoms with Crippen molar-refractivity contribution in [3.63, 3.8) is 0 Å². The second kappa shape index (κ2) is 5.60. The average molecular weight is 252 g/mol. The summed E-state index contributed by atoms with van der Waals surface area (Å²) in [7, 11) is 1.98. The molecule has 1 amide bonds. The summed E-state index contributed by atoms with van der Waals surface area (Å²) >= 11 is 0. The molecule has 0 aromatic rings. The van der Waals surface area contributed by atoms with Crippen molar-refractivity contribution in [3.05, 3.63) is 0 Å². The summed E-state index contributed by atoms with van der Waals surface area (Å²) in [5.74, 6) is 1.11. The summed E-state index contributed by atoms with van der Waals surface area (Å²) < 4.78 is 0. The van der Waals surface area contributed by atoms with Gasteiger partial charge in [-0.3, -0.25) is 4.79 Å². The van der Waals surface area contributed by atoms with Gasteiger partial charge in [0.25, 0.3) is 0 Å². The Labute approximate surface area is 111 Å². The molecule has 3 heteroatoms. The van der Waals surface area contributed by atoms with Crippen molar-refractivity contribution in [3.8, 4) is 0 Å². The molecule has 2 rings (SSSR count). The van der Waals surface area contributed by atoms with E-state index in [1.807, 2.05) is 11.9 Å². The third-order valence-corrected chi connectivity index (χ3v) is 4.66. The topological polar surface area (TPSA) is 32.3 Å². The Morgan fingerprint density at radius 3 is 2.39 bits per heavy atom. The zero-order chi connectivity index (χ0) is 13.2. The highest BCUT2D eigenvalue weighted by Crippen LogP contribution is 2.36. The van der Waals surface area contributed by atoms with E-state index >= 15 is 0 Å². The van der Waals surface area contributed by atoms with Crippen molar-refractivity contribution < 1.29 is 4.79 Å². The molecule has 0 unspecified atom stereocenters. The molecule has 0 bridgehead atoms. The molecular formula is C15H28N2O. The molecule has 0 radical (unpaired) electrons. The lowest BCUT2D eigenvalue weighted by Gasteiger charge is -2.38. The fourth-order valence-corrected chi connectivity index (χ4v) is 2.80. The minimum Gasteiger partial charge on any atom is -0.342 e. The first-order chi connectivity index (χ1) is 8.48. The van der Waals surface area contributed by atoms with E-state index in [1.165, 1.54) is 25.7 Å². The van der Waals surface area contributed by atoms with Crippen molar-refractivity contribution in [2.45, 2.75) is 58.4 Å². The van der Waals surface area contributed by atoms with Gasteiger partial charge >= 0.3 is 0 Å². The molecule has 0 heterocycles. The number of hydrogen-bond donors (Lipinski definition) is 1. The normalized spacial score (nSPS) is 23.9. The molecule has 0 aromatic carbocycles. The van der Waals surface area contributed by atoms with Gasteiger partial charge in [-0.15, -0.1) is 0 Å². The van der Waals surface area contributed by atoms with Crippen LogP contribution in [-0.2, 0) is 4.79 Å². The van der Waals surface area contributed by atoms with Gasteiger partial charge in [0.05, 0.1) is 6.54 Å². The first kappa shape index (κ1) is 13.9. The number of rotatable bonds is 5. The van der Waals surface area contributed by atoms with Crippen LogP contribution >= 0.6 is 0 Å². The Bertz CT molecular complexity index is 287. The summed E-state index contributed by atoms with van der Waals surface area (Å²) in [6.45, 7) is 6.22. The van der Waals surface area contributed by atoms with Crippen molar-refractivity contribution in [2.75, 3.05) is 20.1 Å². The third-order valence-electron chi connectivity index (χ3n) is 4.66. The first-order valence-corrected chi connectivity index (χ1v) is 7.44. The standard InChI is InChI=1S/C15H28N2O/c1-15(2)8-6-13(7-9-15)17(3)14(18)11-16-10-12-4-5-12/h12-13,16H,4-11H2,1-3H3. The maximum atomic E-state index is 12.1. The first-order valence-electron chi connectivity index (χ1n) is 7.44. The monoisotopic (exact) mass is 252 g/mol. The maximum absolute atomic E-state index is 12.1. The Balaban J connectivity index is 1.69. The lowest BCUT2D eigenvalue weighted by molar-refractivity contribution is -0.132. The molecule has 3 nitrogen and oxygen atoms in total. The predicted molar refractivity (Wildman–Crippen MR) is 74.4 cm³/mol. The van der Waals surface area contributed by atoms with E-state index in [0.29, 0.717) is 18.0 Å². The quantitative estimate of drug-likeness (QED) is 0.815. The minimum atomic E-state index is 0.264. The van der Waals surface area contributed by atoms with Crippen LogP contribution in [-0.4, -0.2) is 37.0 Å². The molecular weight excluding hydrogens is 224 g/mol. The van der Waals surface area contributed by atoms with E-state index in [9.17, 15) is 4.79 Å². The molecule has 2 saturated carbocycles. The zero-order valence-electron chi connectivity index (χ0n) is 12.2. The van der Waals surface area contributed by atoms with Crippen LogP contribution in [0, 0.1) is 11.3 Å². The van der Waals surface area contributed by atoms with Crippen molar-refractivity contribution in [1.82, 2.24) is 10.2 Å². The van der Waals surface area contributed by atoms with E-state index in [1.54, 1.807) is 0 Å². The van der Waals surface area contributed by atoms with Crippen LogP contribution in [0.4, 0.5) is 0 Å². The van der Waals surface area contributed by atoms with E-state index in [2.05, 4.69) is 19.2 Å². The van der Waals surface area contributed by atoms with Crippen molar-refractivity contribution in [1.29, 1.82) is 0 Å². The molecule has 0 atom stereocenters. The molecule has 0 saturated heterocycles. The van der Waals surface area contributed by atoms with Crippen LogP contribution in [0.25, 0.3) is 0 Å². The summed E-state index contributed by atoms with van der Waals surface area (Å²) in [4.78, 5) is 14.1. The second-order valence-corrected chi connectivity index (χ2v) is 6.97. The van der Waals surface area contributed by atoms with E-state index in [0.717, 1.165) is 25.3 Å².